The average Bonchev–Trinajstić information content (AvgIpc) is 2.95. The van der Waals surface area contributed by atoms with Gasteiger partial charge in [-0.25, -0.2) is 0 Å². The number of hydrogen-bond acceptors (Lipinski definition) is 4. The largest absolute Gasteiger partial charge is 0.369 e. The van der Waals surface area contributed by atoms with E-state index in [0.29, 0.717) is 10.8 Å². The van der Waals surface area contributed by atoms with Crippen molar-refractivity contribution in [2.75, 3.05) is 11.9 Å². The van der Waals surface area contributed by atoms with Crippen LogP contribution in [-0.2, 0) is 11.3 Å². The number of fused-ring (bicyclic) bond motifs is 1. The van der Waals surface area contributed by atoms with E-state index in [1.807, 2.05) is 36.4 Å². The molecule has 0 spiro atoms. The fraction of sp³-hybridized carbons (Fsp3) is 0.333. The van der Waals surface area contributed by atoms with E-state index in [2.05, 4.69) is 60.8 Å². The molecule has 6 heteroatoms. The molecule has 0 N–H and O–H groups in total. The molecule has 2 heterocycles. The first-order valence-corrected chi connectivity index (χ1v) is 11.6. The molecule has 2 aliphatic heterocycles. The van der Waals surface area contributed by atoms with Crippen molar-refractivity contribution in [1.29, 1.82) is 0 Å². The van der Waals surface area contributed by atoms with Crippen LogP contribution in [0.4, 0.5) is 10.5 Å². The monoisotopic (exact) mass is 484 g/mol. The summed E-state index contributed by atoms with van der Waals surface area (Å²) in [6.07, 6.45) is 2.92. The Morgan fingerprint density at radius 3 is 2.57 bits per heavy atom. The zero-order chi connectivity index (χ0) is 21.6. The molecular weight excluding hydrogens is 460 g/mol. The Labute approximate surface area is 190 Å². The molecule has 2 aliphatic rings. The molecule has 0 aliphatic carbocycles. The number of imide groups is 1. The average molecular weight is 485 g/mol. The van der Waals surface area contributed by atoms with Gasteiger partial charge in [-0.1, -0.05) is 41.1 Å². The van der Waals surface area contributed by atoms with Gasteiger partial charge in [0.15, 0.2) is 0 Å². The Morgan fingerprint density at radius 1 is 1.17 bits per heavy atom. The van der Waals surface area contributed by atoms with Crippen LogP contribution < -0.4 is 4.90 Å². The van der Waals surface area contributed by atoms with E-state index in [4.69, 9.17) is 0 Å². The smallest absolute Gasteiger partial charge is 0.293 e. The summed E-state index contributed by atoms with van der Waals surface area (Å²) >= 11 is 4.42. The summed E-state index contributed by atoms with van der Waals surface area (Å²) in [5, 5.41) is -0.220. The number of halogens is 1. The molecule has 30 heavy (non-hydrogen) atoms. The highest BCUT2D eigenvalue weighted by Gasteiger charge is 2.36. The highest BCUT2D eigenvalue weighted by Crippen LogP contribution is 2.43. The van der Waals surface area contributed by atoms with Crippen molar-refractivity contribution in [3.63, 3.8) is 0 Å². The van der Waals surface area contributed by atoms with Gasteiger partial charge in [-0.2, -0.15) is 0 Å². The molecule has 2 amide bonds. The van der Waals surface area contributed by atoms with Crippen LogP contribution in [0.1, 0.15) is 49.8 Å². The van der Waals surface area contributed by atoms with Gasteiger partial charge in [0, 0.05) is 22.7 Å². The second kappa shape index (κ2) is 7.89. The standard InChI is InChI=1S/C24H25BrN2O2S/c1-15-13-24(2,3)26(4)20-10-7-17(11-19(15)20)12-21-22(28)27(23(29)30-21)14-16-5-8-18(25)9-6-16/h5-12,15H,13-14H2,1-4H3/b21-12+. The Bertz CT molecular complexity index is 1050. The minimum absolute atomic E-state index is 0.115. The van der Waals surface area contributed by atoms with E-state index >= 15 is 0 Å². The van der Waals surface area contributed by atoms with Crippen molar-refractivity contribution in [2.45, 2.75) is 45.2 Å². The first kappa shape index (κ1) is 21.2. The summed E-state index contributed by atoms with van der Waals surface area (Å²) in [5.41, 5.74) is 4.53. The number of hydrogen-bond donors (Lipinski definition) is 0. The molecule has 0 bridgehead atoms. The molecule has 1 atom stereocenters. The fourth-order valence-electron chi connectivity index (χ4n) is 4.25. The Hall–Kier alpha value is -2.05. The van der Waals surface area contributed by atoms with Crippen LogP contribution in [0, 0.1) is 0 Å². The van der Waals surface area contributed by atoms with Gasteiger partial charge >= 0.3 is 0 Å². The van der Waals surface area contributed by atoms with Gasteiger partial charge in [0.1, 0.15) is 0 Å². The number of carbonyl (C=O) groups is 2. The zero-order valence-corrected chi connectivity index (χ0v) is 20.0. The quantitative estimate of drug-likeness (QED) is 0.472. The van der Waals surface area contributed by atoms with Gasteiger partial charge < -0.3 is 4.90 Å². The van der Waals surface area contributed by atoms with Crippen LogP contribution in [-0.4, -0.2) is 28.6 Å². The summed E-state index contributed by atoms with van der Waals surface area (Å²) in [7, 11) is 2.14. The van der Waals surface area contributed by atoms with Crippen LogP contribution in [0.25, 0.3) is 6.08 Å². The second-order valence-corrected chi connectivity index (χ2v) is 10.6. The van der Waals surface area contributed by atoms with Crippen molar-refractivity contribution in [1.82, 2.24) is 4.90 Å². The van der Waals surface area contributed by atoms with Crippen molar-refractivity contribution in [2.24, 2.45) is 0 Å². The van der Waals surface area contributed by atoms with Gasteiger partial charge in [0.05, 0.1) is 11.4 Å². The molecule has 156 valence electrons. The molecule has 2 aromatic carbocycles. The number of benzene rings is 2. The predicted octanol–water partition coefficient (Wildman–Crippen LogP) is 6.41. The number of nitrogens with zero attached hydrogens (tertiary/aromatic N) is 2. The molecule has 0 aromatic heterocycles. The summed E-state index contributed by atoms with van der Waals surface area (Å²) in [6.45, 7) is 7.07. The molecule has 0 radical (unpaired) electrons. The summed E-state index contributed by atoms with van der Waals surface area (Å²) < 4.78 is 0.968. The number of amides is 2. The first-order chi connectivity index (χ1) is 14.2. The second-order valence-electron chi connectivity index (χ2n) is 8.69. The summed E-state index contributed by atoms with van der Waals surface area (Å²) in [6, 6.07) is 14.0. The van der Waals surface area contributed by atoms with E-state index in [1.54, 1.807) is 0 Å². The lowest BCUT2D eigenvalue weighted by Crippen LogP contribution is -2.45. The number of rotatable bonds is 3. The van der Waals surface area contributed by atoms with Gasteiger partial charge in [-0.3, -0.25) is 14.5 Å². The SMILES string of the molecule is CC1CC(C)(C)N(C)c2ccc(/C=C3/SC(=O)N(Cc4ccc(Br)cc4)C3=O)cc21. The van der Waals surface area contributed by atoms with Gasteiger partial charge in [-0.15, -0.1) is 0 Å². The molecule has 1 fully saturated rings. The number of anilines is 1. The molecule has 4 rings (SSSR count). The maximum Gasteiger partial charge on any atom is 0.293 e. The predicted molar refractivity (Wildman–Crippen MR) is 128 cm³/mol. The van der Waals surface area contributed by atoms with Crippen molar-refractivity contribution >= 4 is 50.6 Å². The summed E-state index contributed by atoms with van der Waals surface area (Å²) in [4.78, 5) is 29.5. The van der Waals surface area contributed by atoms with Crippen LogP contribution in [0.15, 0.2) is 51.8 Å². The van der Waals surface area contributed by atoms with Crippen molar-refractivity contribution < 1.29 is 9.59 Å². The van der Waals surface area contributed by atoms with E-state index < -0.39 is 0 Å². The maximum absolute atomic E-state index is 12.9. The van der Waals surface area contributed by atoms with Crippen LogP contribution >= 0.6 is 27.7 Å². The first-order valence-electron chi connectivity index (χ1n) is 10.0. The molecule has 4 nitrogen and oxygen atoms in total. The Morgan fingerprint density at radius 2 is 1.87 bits per heavy atom. The molecule has 1 saturated heterocycles. The third kappa shape index (κ3) is 3.95. The lowest BCUT2D eigenvalue weighted by atomic mass is 9.80. The van der Waals surface area contributed by atoms with Crippen LogP contribution in [0.2, 0.25) is 0 Å². The minimum Gasteiger partial charge on any atom is -0.369 e. The van der Waals surface area contributed by atoms with Crippen LogP contribution in [0.3, 0.4) is 0 Å². The van der Waals surface area contributed by atoms with E-state index in [9.17, 15) is 9.59 Å². The lowest BCUT2D eigenvalue weighted by Gasteiger charge is -2.45. The van der Waals surface area contributed by atoms with Gasteiger partial charge in [0.2, 0.25) is 0 Å². The highest BCUT2D eigenvalue weighted by atomic mass is 79.9. The van der Waals surface area contributed by atoms with Gasteiger partial charge in [-0.05, 0) is 85.0 Å². The van der Waals surface area contributed by atoms with E-state index in [1.165, 1.54) is 16.2 Å². The fourth-order valence-corrected chi connectivity index (χ4v) is 5.35. The topological polar surface area (TPSA) is 40.6 Å². The number of carbonyl (C=O) groups excluding carboxylic acids is 2. The molecule has 2 aromatic rings. The minimum atomic E-state index is -0.225. The summed E-state index contributed by atoms with van der Waals surface area (Å²) in [5.74, 6) is 0.212. The Kier molecular flexibility index (Phi) is 5.58. The lowest BCUT2D eigenvalue weighted by molar-refractivity contribution is -0.123. The van der Waals surface area contributed by atoms with Gasteiger partial charge in [0.25, 0.3) is 11.1 Å². The van der Waals surface area contributed by atoms with Crippen molar-refractivity contribution in [3.8, 4) is 0 Å². The molecular formula is C24H25BrN2O2S. The molecule has 0 saturated carbocycles. The Balaban J connectivity index is 1.58. The van der Waals surface area contributed by atoms with Crippen LogP contribution in [0.5, 0.6) is 0 Å². The normalized spacial score (nSPS) is 22.0. The van der Waals surface area contributed by atoms with E-state index in [0.717, 1.165) is 33.8 Å². The highest BCUT2D eigenvalue weighted by molar-refractivity contribution is 9.10. The van der Waals surface area contributed by atoms with E-state index in [-0.39, 0.29) is 23.2 Å². The maximum atomic E-state index is 12.9. The van der Waals surface area contributed by atoms with Crippen molar-refractivity contribution in [3.05, 3.63) is 68.5 Å². The molecule has 1 unspecified atom stereocenters. The number of thioether (sulfide) groups is 1. The zero-order valence-electron chi connectivity index (χ0n) is 17.6. The third-order valence-electron chi connectivity index (χ3n) is 6.08. The third-order valence-corrected chi connectivity index (χ3v) is 7.52.